The van der Waals surface area contributed by atoms with Crippen LogP contribution in [0.3, 0.4) is 0 Å². The van der Waals surface area contributed by atoms with Crippen LogP contribution in [0.4, 0.5) is 11.4 Å². The van der Waals surface area contributed by atoms with Gasteiger partial charge in [0.2, 0.25) is 0 Å². The number of nitrogens with two attached hydrogens (primary N) is 1. The Bertz CT molecular complexity index is 804. The van der Waals surface area contributed by atoms with E-state index in [0.29, 0.717) is 5.69 Å². The van der Waals surface area contributed by atoms with E-state index in [1.807, 2.05) is 66.7 Å². The van der Waals surface area contributed by atoms with Gasteiger partial charge in [0.15, 0.2) is 5.78 Å². The van der Waals surface area contributed by atoms with Crippen molar-refractivity contribution in [3.8, 4) is 0 Å². The second-order valence-corrected chi connectivity index (χ2v) is 6.70. The minimum atomic E-state index is -0.284. The number of nitrogen functional groups attached to an aromatic ring is 1. The molecule has 3 N–H and O–H groups in total. The number of carbonyl (C=O) groups is 1. The fourth-order valence-electron chi connectivity index (χ4n) is 3.04. The summed E-state index contributed by atoms with van der Waals surface area (Å²) in [5, 5.41) is 3.34. The molecule has 1 aliphatic carbocycles. The molecule has 0 spiro atoms. The van der Waals surface area contributed by atoms with E-state index in [2.05, 4.69) is 25.2 Å². The standard InChI is InChI=1S/C21H22N2O/c1-21(2)14-16(23-19-11-7-6-10-18(19)22)12-13-17(21)20(24)15-8-4-3-5-9-15/h3-14,17,23H,22H2,1-2H3. The Labute approximate surface area is 142 Å². The Balaban J connectivity index is 1.82. The van der Waals surface area contributed by atoms with E-state index in [4.69, 9.17) is 5.73 Å². The maximum absolute atomic E-state index is 12.8. The summed E-state index contributed by atoms with van der Waals surface area (Å²) in [4.78, 5) is 12.8. The van der Waals surface area contributed by atoms with Crippen molar-refractivity contribution >= 4 is 17.2 Å². The fourth-order valence-corrected chi connectivity index (χ4v) is 3.04. The Hall–Kier alpha value is -2.81. The highest BCUT2D eigenvalue weighted by molar-refractivity contribution is 5.99. The largest absolute Gasteiger partial charge is 0.397 e. The molecule has 0 radical (unpaired) electrons. The first kappa shape index (κ1) is 16.1. The van der Waals surface area contributed by atoms with Crippen molar-refractivity contribution in [2.75, 3.05) is 11.1 Å². The summed E-state index contributed by atoms with van der Waals surface area (Å²) in [5.74, 6) is -0.0371. The summed E-state index contributed by atoms with van der Waals surface area (Å²) in [5.41, 5.74) is 8.98. The van der Waals surface area contributed by atoms with Gasteiger partial charge in [-0.3, -0.25) is 4.79 Å². The van der Waals surface area contributed by atoms with Gasteiger partial charge in [-0.1, -0.05) is 68.5 Å². The number of Topliss-reactive ketones (excluding diaryl/α,β-unsaturated/α-hetero) is 1. The summed E-state index contributed by atoms with van der Waals surface area (Å²) in [6.07, 6.45) is 6.05. The van der Waals surface area contributed by atoms with Gasteiger partial charge >= 0.3 is 0 Å². The number of hydrogen-bond acceptors (Lipinski definition) is 3. The molecule has 1 atom stereocenters. The SMILES string of the molecule is CC1(C)C=C(Nc2ccccc2N)C=CC1C(=O)c1ccccc1. The molecule has 0 bridgehead atoms. The highest BCUT2D eigenvalue weighted by Crippen LogP contribution is 2.37. The van der Waals surface area contributed by atoms with Crippen LogP contribution >= 0.6 is 0 Å². The molecule has 3 nitrogen and oxygen atoms in total. The van der Waals surface area contributed by atoms with Crippen LogP contribution in [-0.2, 0) is 0 Å². The molecular formula is C21H22N2O. The van der Waals surface area contributed by atoms with Gasteiger partial charge in [-0.05, 0) is 23.6 Å². The van der Waals surface area contributed by atoms with Crippen LogP contribution in [0, 0.1) is 11.3 Å². The number of hydrogen-bond donors (Lipinski definition) is 2. The zero-order valence-electron chi connectivity index (χ0n) is 14.0. The van der Waals surface area contributed by atoms with Gasteiger partial charge in [0.25, 0.3) is 0 Å². The second-order valence-electron chi connectivity index (χ2n) is 6.70. The number of rotatable bonds is 4. The quantitative estimate of drug-likeness (QED) is 0.637. The average Bonchev–Trinajstić information content (AvgIpc) is 2.56. The van der Waals surface area contributed by atoms with Gasteiger partial charge in [-0.15, -0.1) is 0 Å². The predicted molar refractivity (Wildman–Crippen MR) is 99.7 cm³/mol. The number of para-hydroxylation sites is 2. The van der Waals surface area contributed by atoms with Crippen molar-refractivity contribution < 1.29 is 4.79 Å². The van der Waals surface area contributed by atoms with E-state index in [1.165, 1.54) is 0 Å². The number of nitrogens with one attached hydrogen (secondary N) is 1. The fraction of sp³-hybridized carbons (Fsp3) is 0.190. The molecule has 24 heavy (non-hydrogen) atoms. The molecule has 3 heteroatoms. The molecule has 0 heterocycles. The number of allylic oxidation sites excluding steroid dienone is 3. The molecule has 0 saturated carbocycles. The maximum Gasteiger partial charge on any atom is 0.170 e. The van der Waals surface area contributed by atoms with E-state index in [9.17, 15) is 4.79 Å². The number of benzene rings is 2. The predicted octanol–water partition coefficient (Wildman–Crippen LogP) is 4.66. The van der Waals surface area contributed by atoms with Gasteiger partial charge in [0.05, 0.1) is 11.4 Å². The summed E-state index contributed by atoms with van der Waals surface area (Å²) in [6.45, 7) is 4.16. The van der Waals surface area contributed by atoms with Crippen molar-refractivity contribution in [2.24, 2.45) is 11.3 Å². The summed E-state index contributed by atoms with van der Waals surface area (Å²) in [7, 11) is 0. The van der Waals surface area contributed by atoms with Gasteiger partial charge in [-0.2, -0.15) is 0 Å². The van der Waals surface area contributed by atoms with Crippen LogP contribution in [0.5, 0.6) is 0 Å². The summed E-state index contributed by atoms with van der Waals surface area (Å²) in [6, 6.07) is 17.1. The first-order chi connectivity index (χ1) is 11.5. The molecule has 3 rings (SSSR count). The van der Waals surface area contributed by atoms with Crippen LogP contribution in [0.1, 0.15) is 24.2 Å². The minimum absolute atomic E-state index is 0.145. The molecule has 0 amide bonds. The molecule has 1 aliphatic rings. The monoisotopic (exact) mass is 318 g/mol. The third-order valence-electron chi connectivity index (χ3n) is 4.38. The van der Waals surface area contributed by atoms with Crippen LogP contribution < -0.4 is 11.1 Å². The second kappa shape index (κ2) is 6.36. The molecule has 0 saturated heterocycles. The third-order valence-corrected chi connectivity index (χ3v) is 4.38. The van der Waals surface area contributed by atoms with Gasteiger partial charge < -0.3 is 11.1 Å². The van der Waals surface area contributed by atoms with Crippen molar-refractivity contribution in [3.63, 3.8) is 0 Å². The van der Waals surface area contributed by atoms with Crippen LogP contribution in [0.2, 0.25) is 0 Å². The Morgan fingerprint density at radius 3 is 2.38 bits per heavy atom. The molecule has 0 aliphatic heterocycles. The molecule has 2 aromatic rings. The first-order valence-electron chi connectivity index (χ1n) is 8.09. The first-order valence-corrected chi connectivity index (χ1v) is 8.09. The highest BCUT2D eigenvalue weighted by atomic mass is 16.1. The van der Waals surface area contributed by atoms with Crippen LogP contribution in [-0.4, -0.2) is 5.78 Å². The van der Waals surface area contributed by atoms with Crippen molar-refractivity contribution in [1.29, 1.82) is 0 Å². The smallest absolute Gasteiger partial charge is 0.170 e. The summed E-state index contributed by atoms with van der Waals surface area (Å²) >= 11 is 0. The van der Waals surface area contributed by atoms with E-state index in [1.54, 1.807) is 0 Å². The van der Waals surface area contributed by atoms with E-state index < -0.39 is 0 Å². The highest BCUT2D eigenvalue weighted by Gasteiger charge is 2.34. The van der Waals surface area contributed by atoms with Crippen LogP contribution in [0.25, 0.3) is 0 Å². The topological polar surface area (TPSA) is 55.1 Å². The van der Waals surface area contributed by atoms with Crippen molar-refractivity contribution in [2.45, 2.75) is 13.8 Å². The number of anilines is 2. The van der Waals surface area contributed by atoms with Gasteiger partial charge in [0, 0.05) is 17.2 Å². The minimum Gasteiger partial charge on any atom is -0.397 e. The van der Waals surface area contributed by atoms with E-state index in [0.717, 1.165) is 16.9 Å². The van der Waals surface area contributed by atoms with E-state index >= 15 is 0 Å². The molecule has 122 valence electrons. The lowest BCUT2D eigenvalue weighted by Gasteiger charge is -2.32. The van der Waals surface area contributed by atoms with Gasteiger partial charge in [-0.25, -0.2) is 0 Å². The lowest BCUT2D eigenvalue weighted by molar-refractivity contribution is 0.0886. The Kier molecular flexibility index (Phi) is 4.26. The molecular weight excluding hydrogens is 296 g/mol. The molecule has 0 fully saturated rings. The number of ketones is 1. The molecule has 2 aromatic carbocycles. The zero-order valence-corrected chi connectivity index (χ0v) is 14.0. The van der Waals surface area contributed by atoms with E-state index in [-0.39, 0.29) is 17.1 Å². The van der Waals surface area contributed by atoms with Crippen LogP contribution in [0.15, 0.2) is 78.5 Å². The lowest BCUT2D eigenvalue weighted by atomic mass is 9.72. The normalized spacial score (nSPS) is 18.8. The maximum atomic E-state index is 12.8. The zero-order chi connectivity index (χ0) is 17.2. The Morgan fingerprint density at radius 1 is 1.04 bits per heavy atom. The lowest BCUT2D eigenvalue weighted by Crippen LogP contribution is -2.31. The third kappa shape index (κ3) is 3.25. The van der Waals surface area contributed by atoms with Gasteiger partial charge in [0.1, 0.15) is 0 Å². The molecule has 1 unspecified atom stereocenters. The van der Waals surface area contributed by atoms with Crippen molar-refractivity contribution in [1.82, 2.24) is 0 Å². The molecule has 0 aromatic heterocycles. The van der Waals surface area contributed by atoms with Crippen molar-refractivity contribution in [3.05, 3.63) is 84.1 Å². The average molecular weight is 318 g/mol. The number of carbonyl (C=O) groups excluding carboxylic acids is 1. The Morgan fingerprint density at radius 2 is 1.71 bits per heavy atom. The summed E-state index contributed by atoms with van der Waals surface area (Å²) < 4.78 is 0.